The van der Waals surface area contributed by atoms with Crippen molar-refractivity contribution in [1.29, 1.82) is 0 Å². The van der Waals surface area contributed by atoms with Crippen molar-refractivity contribution in [3.63, 3.8) is 0 Å². The largest absolute Gasteiger partial charge is 0.382 e. The van der Waals surface area contributed by atoms with Crippen LogP contribution in [0.1, 0.15) is 38.2 Å². The molecule has 1 aromatic carbocycles. The maximum atomic E-state index is 6.16. The molecule has 0 aliphatic carbocycles. The van der Waals surface area contributed by atoms with Gasteiger partial charge in [-0.25, -0.2) is 0 Å². The summed E-state index contributed by atoms with van der Waals surface area (Å²) >= 11 is 2.07. The molecule has 2 fully saturated rings. The van der Waals surface area contributed by atoms with E-state index in [0.29, 0.717) is 6.04 Å². The first-order valence-electron chi connectivity index (χ1n) is 7.87. The third-order valence-electron chi connectivity index (χ3n) is 4.63. The number of aryl methyl sites for hydroxylation is 1. The van der Waals surface area contributed by atoms with Crippen molar-refractivity contribution in [3.8, 4) is 0 Å². The summed E-state index contributed by atoms with van der Waals surface area (Å²) in [7, 11) is 0. The molecular weight excluding hydrogens is 266 g/mol. The fourth-order valence-electron chi connectivity index (χ4n) is 3.32. The highest BCUT2D eigenvalue weighted by molar-refractivity contribution is 7.99. The van der Waals surface area contributed by atoms with Crippen LogP contribution in [0.5, 0.6) is 0 Å². The van der Waals surface area contributed by atoms with E-state index in [-0.39, 0.29) is 5.60 Å². The number of rotatable bonds is 3. The van der Waals surface area contributed by atoms with Crippen molar-refractivity contribution >= 4 is 17.4 Å². The predicted molar refractivity (Wildman–Crippen MR) is 87.7 cm³/mol. The lowest BCUT2D eigenvalue weighted by Gasteiger charge is -2.43. The highest BCUT2D eigenvalue weighted by Crippen LogP contribution is 2.38. The van der Waals surface area contributed by atoms with Gasteiger partial charge in [0.15, 0.2) is 0 Å². The second-order valence-corrected chi connectivity index (χ2v) is 7.25. The minimum Gasteiger partial charge on any atom is -0.382 e. The van der Waals surface area contributed by atoms with E-state index in [1.54, 1.807) is 0 Å². The summed E-state index contributed by atoms with van der Waals surface area (Å²) in [6.07, 6.45) is 5.86. The molecule has 1 aromatic rings. The van der Waals surface area contributed by atoms with Crippen LogP contribution in [-0.2, 0) is 11.2 Å². The van der Waals surface area contributed by atoms with Gasteiger partial charge in [0.1, 0.15) is 0 Å². The van der Waals surface area contributed by atoms with Gasteiger partial charge in [-0.3, -0.25) is 0 Å². The molecule has 20 heavy (non-hydrogen) atoms. The van der Waals surface area contributed by atoms with E-state index in [1.807, 2.05) is 0 Å². The number of ether oxygens (including phenoxy) is 1. The molecule has 2 nitrogen and oxygen atoms in total. The van der Waals surface area contributed by atoms with E-state index in [4.69, 9.17) is 4.74 Å². The zero-order valence-electron chi connectivity index (χ0n) is 12.4. The van der Waals surface area contributed by atoms with Gasteiger partial charge in [0, 0.05) is 18.3 Å². The van der Waals surface area contributed by atoms with E-state index in [9.17, 15) is 0 Å². The van der Waals surface area contributed by atoms with Crippen LogP contribution in [0.3, 0.4) is 0 Å². The normalized spacial score (nSPS) is 25.6. The predicted octanol–water partition coefficient (Wildman–Crippen LogP) is 4.11. The first-order chi connectivity index (χ1) is 9.80. The van der Waals surface area contributed by atoms with Gasteiger partial charge >= 0.3 is 0 Å². The van der Waals surface area contributed by atoms with Crippen LogP contribution in [0, 0.1) is 0 Å². The molecule has 2 aliphatic rings. The zero-order valence-corrected chi connectivity index (χ0v) is 13.2. The molecule has 2 saturated heterocycles. The molecule has 3 rings (SSSR count). The molecule has 1 unspecified atom stereocenters. The van der Waals surface area contributed by atoms with Crippen molar-refractivity contribution in [1.82, 2.24) is 0 Å². The van der Waals surface area contributed by atoms with Gasteiger partial charge < -0.3 is 10.1 Å². The van der Waals surface area contributed by atoms with Crippen molar-refractivity contribution < 1.29 is 4.74 Å². The summed E-state index contributed by atoms with van der Waals surface area (Å²) in [6.45, 7) is 3.11. The van der Waals surface area contributed by atoms with Crippen molar-refractivity contribution in [2.45, 2.75) is 50.7 Å². The summed E-state index contributed by atoms with van der Waals surface area (Å²) < 4.78 is 6.16. The molecule has 0 saturated carbocycles. The van der Waals surface area contributed by atoms with Crippen molar-refractivity contribution in [2.75, 3.05) is 23.4 Å². The maximum absolute atomic E-state index is 6.16. The summed E-state index contributed by atoms with van der Waals surface area (Å²) in [6, 6.07) is 9.47. The molecule has 1 atom stereocenters. The van der Waals surface area contributed by atoms with Crippen molar-refractivity contribution in [3.05, 3.63) is 29.8 Å². The van der Waals surface area contributed by atoms with Crippen LogP contribution in [0.15, 0.2) is 24.3 Å². The molecule has 0 amide bonds. The number of benzene rings is 1. The number of hydrogen-bond donors (Lipinski definition) is 1. The SMILES string of the molecule is CCc1ccc(NC2CCOC3(CCSCC3)C2)cc1. The average molecular weight is 291 g/mol. The molecule has 1 spiro atoms. The lowest BCUT2D eigenvalue weighted by molar-refractivity contribution is -0.0865. The van der Waals surface area contributed by atoms with Gasteiger partial charge in [-0.2, -0.15) is 11.8 Å². The summed E-state index contributed by atoms with van der Waals surface area (Å²) in [5.74, 6) is 2.52. The minimum absolute atomic E-state index is 0.171. The molecule has 110 valence electrons. The Morgan fingerprint density at radius 1 is 1.25 bits per heavy atom. The van der Waals surface area contributed by atoms with E-state index in [2.05, 4.69) is 48.3 Å². The number of nitrogens with one attached hydrogen (secondary N) is 1. The standard InChI is InChI=1S/C17H25NOS/c1-2-14-3-5-15(6-4-14)18-16-7-10-19-17(13-16)8-11-20-12-9-17/h3-6,16,18H,2,7-13H2,1H3. The third-order valence-corrected chi connectivity index (χ3v) is 5.62. The lowest BCUT2D eigenvalue weighted by Crippen LogP contribution is -2.46. The van der Waals surface area contributed by atoms with Gasteiger partial charge in [-0.05, 0) is 61.3 Å². The monoisotopic (exact) mass is 291 g/mol. The highest BCUT2D eigenvalue weighted by Gasteiger charge is 2.38. The number of anilines is 1. The van der Waals surface area contributed by atoms with Gasteiger partial charge in [-0.15, -0.1) is 0 Å². The Morgan fingerprint density at radius 2 is 2.00 bits per heavy atom. The molecule has 0 bridgehead atoms. The van der Waals surface area contributed by atoms with Crippen molar-refractivity contribution in [2.24, 2.45) is 0 Å². The van der Waals surface area contributed by atoms with Gasteiger partial charge in [0.25, 0.3) is 0 Å². The second kappa shape index (κ2) is 6.40. The number of thioether (sulfide) groups is 1. The first kappa shape index (κ1) is 14.3. The summed E-state index contributed by atoms with van der Waals surface area (Å²) in [4.78, 5) is 0. The Bertz CT molecular complexity index is 420. The molecule has 1 N–H and O–H groups in total. The molecule has 3 heteroatoms. The Morgan fingerprint density at radius 3 is 2.70 bits per heavy atom. The van der Waals surface area contributed by atoms with E-state index in [0.717, 1.165) is 19.4 Å². The first-order valence-corrected chi connectivity index (χ1v) is 9.02. The Kier molecular flexibility index (Phi) is 4.57. The molecule has 2 aliphatic heterocycles. The van der Waals surface area contributed by atoms with Crippen LogP contribution in [0.2, 0.25) is 0 Å². The Balaban J connectivity index is 1.61. The smallest absolute Gasteiger partial charge is 0.0717 e. The molecular formula is C17H25NOS. The third kappa shape index (κ3) is 3.32. The quantitative estimate of drug-likeness (QED) is 0.905. The molecule has 0 aromatic heterocycles. The van der Waals surface area contributed by atoms with Gasteiger partial charge in [-0.1, -0.05) is 19.1 Å². The van der Waals surface area contributed by atoms with Crippen LogP contribution >= 0.6 is 11.8 Å². The Hall–Kier alpha value is -0.670. The van der Waals surface area contributed by atoms with Crippen LogP contribution < -0.4 is 5.32 Å². The summed E-state index contributed by atoms with van der Waals surface area (Å²) in [5, 5.41) is 3.72. The second-order valence-electron chi connectivity index (χ2n) is 6.03. The molecule has 2 heterocycles. The van der Waals surface area contributed by atoms with E-state index < -0.39 is 0 Å². The van der Waals surface area contributed by atoms with Gasteiger partial charge in [0.2, 0.25) is 0 Å². The fourth-order valence-corrected chi connectivity index (χ4v) is 4.55. The lowest BCUT2D eigenvalue weighted by atomic mass is 9.85. The Labute approximate surface area is 126 Å². The topological polar surface area (TPSA) is 21.3 Å². The average Bonchev–Trinajstić information content (AvgIpc) is 2.49. The summed E-state index contributed by atoms with van der Waals surface area (Å²) in [5.41, 5.74) is 2.84. The van der Waals surface area contributed by atoms with Crippen LogP contribution in [-0.4, -0.2) is 29.8 Å². The molecule has 0 radical (unpaired) electrons. The van der Waals surface area contributed by atoms with E-state index >= 15 is 0 Å². The fraction of sp³-hybridized carbons (Fsp3) is 0.647. The minimum atomic E-state index is 0.171. The van der Waals surface area contributed by atoms with Gasteiger partial charge in [0.05, 0.1) is 5.60 Å². The number of hydrogen-bond acceptors (Lipinski definition) is 3. The zero-order chi connectivity index (χ0) is 13.8. The van der Waals surface area contributed by atoms with Crippen LogP contribution in [0.4, 0.5) is 5.69 Å². The highest BCUT2D eigenvalue weighted by atomic mass is 32.2. The van der Waals surface area contributed by atoms with E-state index in [1.165, 1.54) is 42.0 Å². The maximum Gasteiger partial charge on any atom is 0.0717 e. The van der Waals surface area contributed by atoms with Crippen LogP contribution in [0.25, 0.3) is 0 Å².